The Morgan fingerprint density at radius 3 is 2.20 bits per heavy atom. The summed E-state index contributed by atoms with van der Waals surface area (Å²) >= 11 is 0. The lowest BCUT2D eigenvalue weighted by Crippen LogP contribution is -2.70. The van der Waals surface area contributed by atoms with Gasteiger partial charge in [-0.2, -0.15) is 0 Å². The van der Waals surface area contributed by atoms with Gasteiger partial charge in [0.2, 0.25) is 5.79 Å². The summed E-state index contributed by atoms with van der Waals surface area (Å²) in [6.07, 6.45) is 20.0. The number of nitrogens with zero attached hydrogens (tertiary/aromatic N) is 2. The second-order valence-electron chi connectivity index (χ2n) is 20.4. The molecule has 12 heteroatoms. The lowest BCUT2D eigenvalue weighted by Gasteiger charge is -2.60. The molecule has 3 aromatic carbocycles. The van der Waals surface area contributed by atoms with E-state index in [2.05, 4.69) is 43.8 Å². The minimum absolute atomic E-state index is 0.0393. The summed E-state index contributed by atoms with van der Waals surface area (Å²) in [5.41, 5.74) is 2.00. The Balaban J connectivity index is 1.45. The van der Waals surface area contributed by atoms with Gasteiger partial charge in [-0.05, 0) is 111 Å². The van der Waals surface area contributed by atoms with Crippen LogP contribution in [-0.2, 0) is 19.0 Å². The number of amides is 1. The van der Waals surface area contributed by atoms with Gasteiger partial charge in [0, 0.05) is 37.7 Å². The number of aliphatic hydroxyl groups excluding tert-OH is 3. The minimum atomic E-state index is -1.46. The van der Waals surface area contributed by atoms with Crippen molar-refractivity contribution in [3.63, 3.8) is 0 Å². The minimum Gasteiger partial charge on any atom is -0.459 e. The van der Waals surface area contributed by atoms with Crippen molar-refractivity contribution < 1.29 is 48.6 Å². The third-order valence-corrected chi connectivity index (χ3v) is 14.1. The van der Waals surface area contributed by atoms with E-state index < -0.39 is 29.4 Å². The molecule has 1 heterocycles. The van der Waals surface area contributed by atoms with Crippen LogP contribution in [0.4, 0.5) is 4.79 Å². The van der Waals surface area contributed by atoms with Crippen molar-refractivity contribution >= 4 is 22.6 Å². The molecule has 6 unspecified atom stereocenters. The second kappa shape index (κ2) is 28.0. The van der Waals surface area contributed by atoms with Gasteiger partial charge in [-0.15, -0.1) is 6.58 Å². The van der Waals surface area contributed by atoms with Crippen LogP contribution in [0.5, 0.6) is 17.2 Å². The van der Waals surface area contributed by atoms with Crippen LogP contribution in [0.1, 0.15) is 148 Å². The number of benzene rings is 3. The number of hydrogen-bond acceptors (Lipinski definition) is 11. The van der Waals surface area contributed by atoms with Crippen LogP contribution in [0.2, 0.25) is 0 Å². The van der Waals surface area contributed by atoms with Gasteiger partial charge in [-0.25, -0.2) is 4.79 Å². The first kappa shape index (κ1) is 54.9. The van der Waals surface area contributed by atoms with Gasteiger partial charge < -0.3 is 43.8 Å². The van der Waals surface area contributed by atoms with Crippen molar-refractivity contribution in [2.75, 3.05) is 52.8 Å². The molecule has 0 spiro atoms. The van der Waals surface area contributed by atoms with E-state index in [4.69, 9.17) is 33.7 Å². The summed E-state index contributed by atoms with van der Waals surface area (Å²) in [4.78, 5) is 22.8. The Labute approximate surface area is 418 Å². The Kier molecular flexibility index (Phi) is 21.9. The van der Waals surface area contributed by atoms with E-state index in [1.54, 1.807) is 11.0 Å². The molecule has 3 aromatic rings. The van der Waals surface area contributed by atoms with E-state index in [1.807, 2.05) is 57.2 Å². The maximum Gasteiger partial charge on any atom is 0.410 e. The molecule has 12 nitrogen and oxygen atoms in total. The van der Waals surface area contributed by atoms with Gasteiger partial charge in [-0.3, -0.25) is 4.90 Å². The van der Waals surface area contributed by atoms with Crippen LogP contribution in [0, 0.1) is 17.8 Å². The summed E-state index contributed by atoms with van der Waals surface area (Å²) < 4.78 is 33.3. The Hall–Kier alpha value is -4.46. The van der Waals surface area contributed by atoms with E-state index in [0.29, 0.717) is 35.8 Å². The Morgan fingerprint density at radius 2 is 1.50 bits per heavy atom. The van der Waals surface area contributed by atoms with Crippen molar-refractivity contribution in [1.29, 1.82) is 0 Å². The monoisotopic (exact) mass is 969 g/mol. The van der Waals surface area contributed by atoms with Crippen molar-refractivity contribution in [3.05, 3.63) is 90.5 Å². The molecule has 0 bridgehead atoms. The van der Waals surface area contributed by atoms with Crippen molar-refractivity contribution in [2.45, 2.75) is 160 Å². The highest BCUT2D eigenvalue weighted by atomic mass is 16.7. The number of fused-ring (bicyclic) bond motifs is 3. The SMILES string of the molecule is C=CCOC12Oc3ccc(Oc4ccc5ccccc5c4)cc3C3C(CCCCO)C(CCCCO)C=C(C(=NOC(C)(C)C)CC1N(CCOCCO)C(=O)OCCCCCCCCCCCC)C32. The van der Waals surface area contributed by atoms with Crippen molar-refractivity contribution in [1.82, 2.24) is 4.90 Å². The third-order valence-electron chi connectivity index (χ3n) is 14.1. The summed E-state index contributed by atoms with van der Waals surface area (Å²) in [7, 11) is 0. The molecule has 6 atom stereocenters. The molecule has 1 aliphatic heterocycles. The van der Waals surface area contributed by atoms with Gasteiger partial charge in [0.15, 0.2) is 0 Å². The van der Waals surface area contributed by atoms with Crippen LogP contribution in [-0.4, -0.2) is 102 Å². The molecule has 3 aliphatic rings. The number of carbonyl (C=O) groups excluding carboxylic acids is 1. The van der Waals surface area contributed by atoms with Crippen molar-refractivity contribution in [3.8, 4) is 17.2 Å². The first-order valence-corrected chi connectivity index (χ1v) is 26.6. The molecule has 0 radical (unpaired) electrons. The molecule has 1 fully saturated rings. The maximum absolute atomic E-state index is 14.8. The number of ether oxygens (including phenoxy) is 5. The van der Waals surface area contributed by atoms with E-state index >= 15 is 0 Å². The summed E-state index contributed by atoms with van der Waals surface area (Å²) in [5, 5.41) is 36.9. The molecule has 1 saturated carbocycles. The van der Waals surface area contributed by atoms with Crippen LogP contribution in [0.25, 0.3) is 10.8 Å². The predicted molar refractivity (Wildman–Crippen MR) is 278 cm³/mol. The second-order valence-corrected chi connectivity index (χ2v) is 20.4. The lowest BCUT2D eigenvalue weighted by atomic mass is 9.55. The molecule has 2 aliphatic carbocycles. The fraction of sp³-hybridized carbons (Fsp3) is 0.621. The summed E-state index contributed by atoms with van der Waals surface area (Å²) in [6.45, 7) is 13.1. The number of aliphatic hydroxyl groups is 3. The normalized spacial score (nSPS) is 22.2. The molecule has 6 rings (SSSR count). The molecule has 70 heavy (non-hydrogen) atoms. The Morgan fingerprint density at radius 1 is 0.814 bits per heavy atom. The average molecular weight is 969 g/mol. The van der Waals surface area contributed by atoms with E-state index in [9.17, 15) is 20.1 Å². The Bertz CT molecular complexity index is 2130. The zero-order valence-electron chi connectivity index (χ0n) is 42.8. The standard InChI is InChI=1S/C58H84N2O10/c1-6-8-9-10-11-12-13-14-15-22-36-66-56(64)60(31-37-65-38-34-63)53-42-51(59-70-57(3,4)5)49-40-45(25-18-20-32-61)48(26-19-21-33-62)54-50-41-47(68-46-28-27-43-23-16-17-24-44(43)39-46)29-30-52(50)69-58(53,55(49)54)67-35-7-2/h7,16-17,23-24,27-30,39-41,45,48,53-55,61-63H,2,6,8-15,18-22,25-26,31-38,42H2,1,3-5H3. The summed E-state index contributed by atoms with van der Waals surface area (Å²) in [5.74, 6) is -0.0774. The summed E-state index contributed by atoms with van der Waals surface area (Å²) in [6, 6.07) is 19.5. The number of unbranched alkanes of at least 4 members (excludes halogenated alkanes) is 11. The lowest BCUT2D eigenvalue weighted by molar-refractivity contribution is -0.256. The largest absolute Gasteiger partial charge is 0.459 e. The molecular formula is C58H84N2O10. The number of carbonyl (C=O) groups is 1. The van der Waals surface area contributed by atoms with E-state index in [1.165, 1.54) is 44.9 Å². The zero-order chi connectivity index (χ0) is 49.8. The zero-order valence-corrected chi connectivity index (χ0v) is 42.8. The number of oxime groups is 1. The highest BCUT2D eigenvalue weighted by Crippen LogP contribution is 2.62. The molecule has 0 aromatic heterocycles. The van der Waals surface area contributed by atoms with Crippen LogP contribution in [0.15, 0.2) is 90.1 Å². The number of allylic oxidation sites excluding steroid dienone is 1. The highest BCUT2D eigenvalue weighted by molar-refractivity contribution is 6.03. The van der Waals surface area contributed by atoms with Gasteiger partial charge in [-0.1, -0.05) is 125 Å². The molecule has 386 valence electrons. The van der Waals surface area contributed by atoms with Crippen LogP contribution < -0.4 is 9.47 Å². The van der Waals surface area contributed by atoms with E-state index in [-0.39, 0.29) is 77.0 Å². The van der Waals surface area contributed by atoms with Gasteiger partial charge >= 0.3 is 6.09 Å². The van der Waals surface area contributed by atoms with Crippen molar-refractivity contribution in [2.24, 2.45) is 22.9 Å². The first-order valence-electron chi connectivity index (χ1n) is 26.6. The smallest absolute Gasteiger partial charge is 0.410 e. The van der Waals surface area contributed by atoms with Crippen LogP contribution in [0.3, 0.4) is 0 Å². The quantitative estimate of drug-likeness (QED) is 0.0323. The third kappa shape index (κ3) is 14.8. The van der Waals surface area contributed by atoms with Crippen LogP contribution >= 0.6 is 0 Å². The number of rotatable bonds is 31. The molecule has 0 saturated heterocycles. The molecule has 1 amide bonds. The van der Waals surface area contributed by atoms with Gasteiger partial charge in [0.05, 0.1) is 44.7 Å². The molecule has 3 N–H and O–H groups in total. The van der Waals surface area contributed by atoms with E-state index in [0.717, 1.165) is 66.9 Å². The maximum atomic E-state index is 14.8. The predicted octanol–water partition coefficient (Wildman–Crippen LogP) is 12.4. The fourth-order valence-electron chi connectivity index (χ4n) is 10.8. The van der Waals surface area contributed by atoms with Gasteiger partial charge in [0.1, 0.15) is 28.9 Å². The topological polar surface area (TPSA) is 149 Å². The van der Waals surface area contributed by atoms with Gasteiger partial charge in [0.25, 0.3) is 0 Å². The average Bonchev–Trinajstić information content (AvgIpc) is 3.35. The first-order chi connectivity index (χ1) is 34.1. The fourth-order valence-corrected chi connectivity index (χ4v) is 10.8. The highest BCUT2D eigenvalue weighted by Gasteiger charge is 2.65. The number of hydrogen-bond donors (Lipinski definition) is 3. The molecular weight excluding hydrogens is 885 g/mol.